The van der Waals surface area contributed by atoms with Crippen LogP contribution in [0.25, 0.3) is 55.3 Å². The minimum Gasteiger partial charge on any atom is -0.456 e. The predicted molar refractivity (Wildman–Crippen MR) is 226 cm³/mol. The molecule has 8 aromatic rings. The molecule has 2 aromatic heterocycles. The van der Waals surface area contributed by atoms with Gasteiger partial charge in [-0.2, -0.15) is 0 Å². The van der Waals surface area contributed by atoms with Gasteiger partial charge in [-0.15, -0.1) is 0 Å². The van der Waals surface area contributed by atoms with E-state index in [0.717, 1.165) is 72.3 Å². The highest BCUT2D eigenvalue weighted by Crippen LogP contribution is 2.63. The number of ether oxygens (including phenoxy) is 1. The van der Waals surface area contributed by atoms with Gasteiger partial charge in [0, 0.05) is 33.0 Å². The quantitative estimate of drug-likeness (QED) is 0.102. The Morgan fingerprint density at radius 2 is 1.11 bits per heavy atom. The number of hydrogen-bond acceptors (Lipinski definition) is 5. The van der Waals surface area contributed by atoms with Crippen LogP contribution >= 0.6 is 11.6 Å². The van der Waals surface area contributed by atoms with Gasteiger partial charge in [-0.05, 0) is 91.3 Å². The Labute approximate surface area is 331 Å². The van der Waals surface area contributed by atoms with Crippen molar-refractivity contribution in [3.8, 4) is 45.0 Å². The Kier molecular flexibility index (Phi) is 7.10. The van der Waals surface area contributed by atoms with Gasteiger partial charge in [0.2, 0.25) is 0 Å². The molecule has 2 aliphatic heterocycles. The molecule has 7 heteroatoms. The Balaban J connectivity index is 1.18. The molecule has 11 rings (SSSR count). The monoisotopic (exact) mass is 746 g/mol. The second-order valence-corrected chi connectivity index (χ2v) is 16.5. The molecular formula is C49H36BClN2O3. The number of nitrogens with zero attached hydrogens (tertiary/aromatic N) is 2. The zero-order valence-corrected chi connectivity index (χ0v) is 32.2. The SMILES string of the molecule is CC1(C)OB(c2cc(-c3cccc(-c4ccc5ccc6ccc(Cl)nc6c5n4)c3)c3c(c2)C2(c4ccccc4O3)c3ccccc3-c3ccccc32)OC1(C)C. The van der Waals surface area contributed by atoms with Crippen LogP contribution in [0.1, 0.15) is 49.9 Å². The molecule has 1 aliphatic carbocycles. The van der Waals surface area contributed by atoms with Crippen molar-refractivity contribution < 1.29 is 14.0 Å². The van der Waals surface area contributed by atoms with Crippen molar-refractivity contribution in [2.45, 2.75) is 44.3 Å². The van der Waals surface area contributed by atoms with E-state index in [1.165, 1.54) is 22.3 Å². The number of benzene rings is 6. The molecule has 0 bridgehead atoms. The van der Waals surface area contributed by atoms with E-state index in [4.69, 9.17) is 30.6 Å². The van der Waals surface area contributed by atoms with Gasteiger partial charge < -0.3 is 14.0 Å². The van der Waals surface area contributed by atoms with Gasteiger partial charge in [0.15, 0.2) is 0 Å². The third-order valence-corrected chi connectivity index (χ3v) is 12.7. The summed E-state index contributed by atoms with van der Waals surface area (Å²) in [5, 5.41) is 2.44. The molecular weight excluding hydrogens is 711 g/mol. The summed E-state index contributed by atoms with van der Waals surface area (Å²) in [4.78, 5) is 9.86. The average Bonchev–Trinajstić information content (AvgIpc) is 3.63. The second kappa shape index (κ2) is 11.9. The van der Waals surface area contributed by atoms with Crippen LogP contribution in [0.5, 0.6) is 11.5 Å². The molecule has 1 fully saturated rings. The normalized spacial score (nSPS) is 16.7. The van der Waals surface area contributed by atoms with Gasteiger partial charge in [-0.3, -0.25) is 0 Å². The molecule has 0 unspecified atom stereocenters. The summed E-state index contributed by atoms with van der Waals surface area (Å²) in [6.45, 7) is 8.40. The second-order valence-electron chi connectivity index (χ2n) is 16.1. The molecule has 1 saturated heterocycles. The number of rotatable bonds is 3. The lowest BCUT2D eigenvalue weighted by molar-refractivity contribution is 0.00578. The van der Waals surface area contributed by atoms with E-state index in [9.17, 15) is 0 Å². The highest BCUT2D eigenvalue weighted by Gasteiger charge is 2.55. The van der Waals surface area contributed by atoms with Gasteiger partial charge in [0.1, 0.15) is 16.7 Å². The van der Waals surface area contributed by atoms with Crippen LogP contribution in [0.4, 0.5) is 0 Å². The summed E-state index contributed by atoms with van der Waals surface area (Å²) in [5.41, 5.74) is 11.7. The fourth-order valence-electron chi connectivity index (χ4n) is 9.06. The van der Waals surface area contributed by atoms with Gasteiger partial charge >= 0.3 is 7.12 Å². The van der Waals surface area contributed by atoms with Crippen molar-refractivity contribution in [1.82, 2.24) is 9.97 Å². The molecule has 6 aromatic carbocycles. The molecule has 4 heterocycles. The summed E-state index contributed by atoms with van der Waals surface area (Å²) in [6, 6.07) is 51.2. The van der Waals surface area contributed by atoms with Crippen LogP contribution in [0.3, 0.4) is 0 Å². The van der Waals surface area contributed by atoms with Crippen LogP contribution in [-0.4, -0.2) is 28.3 Å². The Morgan fingerprint density at radius 1 is 0.518 bits per heavy atom. The Morgan fingerprint density at radius 3 is 1.82 bits per heavy atom. The number of hydrogen-bond donors (Lipinski definition) is 0. The van der Waals surface area contributed by atoms with E-state index >= 15 is 0 Å². The van der Waals surface area contributed by atoms with Crippen LogP contribution < -0.4 is 10.2 Å². The smallest absolute Gasteiger partial charge is 0.456 e. The molecule has 0 saturated carbocycles. The van der Waals surface area contributed by atoms with E-state index in [2.05, 4.69) is 166 Å². The van der Waals surface area contributed by atoms with Crippen molar-refractivity contribution in [3.63, 3.8) is 0 Å². The summed E-state index contributed by atoms with van der Waals surface area (Å²) < 4.78 is 20.7. The van der Waals surface area contributed by atoms with Gasteiger partial charge in [-0.1, -0.05) is 127 Å². The lowest BCUT2D eigenvalue weighted by atomic mass is 9.63. The van der Waals surface area contributed by atoms with Crippen LogP contribution in [-0.2, 0) is 14.7 Å². The van der Waals surface area contributed by atoms with Crippen molar-refractivity contribution in [2.24, 2.45) is 0 Å². The molecule has 3 aliphatic rings. The zero-order chi connectivity index (χ0) is 38.0. The zero-order valence-electron chi connectivity index (χ0n) is 31.4. The predicted octanol–water partition coefficient (Wildman–Crippen LogP) is 11.5. The minimum absolute atomic E-state index is 0.442. The van der Waals surface area contributed by atoms with Crippen molar-refractivity contribution in [3.05, 3.63) is 173 Å². The molecule has 0 atom stereocenters. The first-order valence-electron chi connectivity index (χ1n) is 19.1. The maximum Gasteiger partial charge on any atom is 0.494 e. The first-order valence-corrected chi connectivity index (χ1v) is 19.5. The third kappa shape index (κ3) is 4.70. The van der Waals surface area contributed by atoms with E-state index in [1.54, 1.807) is 0 Å². The van der Waals surface area contributed by atoms with Gasteiger partial charge in [-0.25, -0.2) is 9.97 Å². The molecule has 56 heavy (non-hydrogen) atoms. The lowest BCUT2D eigenvalue weighted by Gasteiger charge is -2.40. The average molecular weight is 747 g/mol. The standard InChI is InChI=1S/C49H36BClN2O3/c1-47(2)48(3,4)56-50(55-47)33-27-36(31-12-11-13-32(26-31)41-24-22-29-20-21-30-23-25-43(51)53-45(30)44(29)52-41)46-40(28-33)49(39-18-9-10-19-42(39)54-46)37-16-7-5-14-34(37)35-15-6-8-17-38(35)49/h5-28H,1-4H3. The third-order valence-electron chi connectivity index (χ3n) is 12.5. The molecule has 5 nitrogen and oxygen atoms in total. The molecule has 0 radical (unpaired) electrons. The Hall–Kier alpha value is -5.79. The van der Waals surface area contributed by atoms with Crippen molar-refractivity contribution in [2.75, 3.05) is 0 Å². The minimum atomic E-state index is -0.654. The first-order chi connectivity index (χ1) is 27.1. The highest BCUT2D eigenvalue weighted by molar-refractivity contribution is 6.62. The van der Waals surface area contributed by atoms with Crippen molar-refractivity contribution >= 4 is 46.0 Å². The fraction of sp³-hybridized carbons (Fsp3) is 0.143. The Bertz CT molecular complexity index is 2900. The van der Waals surface area contributed by atoms with Crippen molar-refractivity contribution in [1.29, 1.82) is 0 Å². The van der Waals surface area contributed by atoms with E-state index in [-0.39, 0.29) is 0 Å². The molecule has 0 amide bonds. The maximum absolute atomic E-state index is 7.12. The highest BCUT2D eigenvalue weighted by atomic mass is 35.5. The number of pyridine rings is 2. The first kappa shape index (κ1) is 33.5. The number of fused-ring (bicyclic) bond motifs is 12. The van der Waals surface area contributed by atoms with E-state index in [0.29, 0.717) is 5.15 Å². The van der Waals surface area contributed by atoms with E-state index in [1.807, 2.05) is 12.1 Å². The summed E-state index contributed by atoms with van der Waals surface area (Å²) in [5.74, 6) is 1.64. The summed E-state index contributed by atoms with van der Waals surface area (Å²) >= 11 is 6.38. The van der Waals surface area contributed by atoms with Gasteiger partial charge in [0.25, 0.3) is 0 Å². The number of halogens is 1. The fourth-order valence-corrected chi connectivity index (χ4v) is 9.20. The summed E-state index contributed by atoms with van der Waals surface area (Å²) in [7, 11) is -0.594. The maximum atomic E-state index is 7.12. The van der Waals surface area contributed by atoms with Gasteiger partial charge in [0.05, 0.1) is 33.3 Å². The van der Waals surface area contributed by atoms with Crippen LogP contribution in [0, 0.1) is 0 Å². The molecule has 1 spiro atoms. The van der Waals surface area contributed by atoms with Crippen LogP contribution in [0.2, 0.25) is 5.15 Å². The number of aromatic nitrogens is 2. The number of para-hydroxylation sites is 1. The van der Waals surface area contributed by atoms with Crippen LogP contribution in [0.15, 0.2) is 146 Å². The lowest BCUT2D eigenvalue weighted by Crippen LogP contribution is -2.41. The largest absolute Gasteiger partial charge is 0.494 e. The molecule has 270 valence electrons. The molecule has 0 N–H and O–H groups in total. The topological polar surface area (TPSA) is 53.5 Å². The van der Waals surface area contributed by atoms with E-state index < -0.39 is 23.7 Å². The summed E-state index contributed by atoms with van der Waals surface area (Å²) in [6.07, 6.45) is 0.